The van der Waals surface area contributed by atoms with Gasteiger partial charge in [0.1, 0.15) is 0 Å². The lowest BCUT2D eigenvalue weighted by atomic mass is 10.1. The molecule has 2 heterocycles. The van der Waals surface area contributed by atoms with E-state index >= 15 is 0 Å². The molecule has 0 aliphatic heterocycles. The number of hydrogen-bond donors (Lipinski definition) is 1. The number of nitrogens with two attached hydrogens (primary N) is 1. The van der Waals surface area contributed by atoms with Crippen molar-refractivity contribution in [2.45, 2.75) is 12.6 Å². The smallest absolute Gasteiger partial charge is 0.0951 e. The van der Waals surface area contributed by atoms with Gasteiger partial charge >= 0.3 is 0 Å². The third-order valence-electron chi connectivity index (χ3n) is 3.29. The summed E-state index contributed by atoms with van der Waals surface area (Å²) >= 11 is 0. The molecule has 0 fully saturated rings. The van der Waals surface area contributed by atoms with Crippen molar-refractivity contribution >= 4 is 0 Å². The van der Waals surface area contributed by atoms with E-state index in [2.05, 4.69) is 14.5 Å². The van der Waals surface area contributed by atoms with E-state index in [1.54, 1.807) is 6.20 Å². The van der Waals surface area contributed by atoms with E-state index in [1.807, 2.05) is 61.2 Å². The summed E-state index contributed by atoms with van der Waals surface area (Å²) in [6.07, 6.45) is 7.25. The standard InChI is InChI=1S/C16H16N4/c17-15(13-5-2-1-3-6-13)11-20-12-19-10-16(20)14-7-4-8-18-9-14/h1-10,12,15H,11,17H2. The van der Waals surface area contributed by atoms with E-state index in [4.69, 9.17) is 5.73 Å². The van der Waals surface area contributed by atoms with Crippen LogP contribution in [0.25, 0.3) is 11.3 Å². The SMILES string of the molecule is NC(Cn1cncc1-c1cccnc1)c1ccccc1. The summed E-state index contributed by atoms with van der Waals surface area (Å²) in [5.41, 5.74) is 9.47. The Morgan fingerprint density at radius 2 is 1.85 bits per heavy atom. The Balaban J connectivity index is 1.84. The largest absolute Gasteiger partial charge is 0.329 e. The highest BCUT2D eigenvalue weighted by molar-refractivity contribution is 5.57. The van der Waals surface area contributed by atoms with Crippen LogP contribution in [-0.4, -0.2) is 14.5 Å². The minimum atomic E-state index is -0.0548. The van der Waals surface area contributed by atoms with Crippen LogP contribution in [0.2, 0.25) is 0 Å². The number of pyridine rings is 1. The van der Waals surface area contributed by atoms with Crippen molar-refractivity contribution in [1.29, 1.82) is 0 Å². The molecule has 4 nitrogen and oxygen atoms in total. The topological polar surface area (TPSA) is 56.7 Å². The normalized spacial score (nSPS) is 12.2. The van der Waals surface area contributed by atoms with E-state index in [0.29, 0.717) is 6.54 Å². The fraction of sp³-hybridized carbons (Fsp3) is 0.125. The molecule has 100 valence electrons. The number of benzene rings is 1. The molecule has 0 amide bonds. The molecule has 2 aromatic heterocycles. The lowest BCUT2D eigenvalue weighted by Crippen LogP contribution is -2.17. The second kappa shape index (κ2) is 5.67. The molecule has 2 N–H and O–H groups in total. The quantitative estimate of drug-likeness (QED) is 0.788. The first-order valence-electron chi connectivity index (χ1n) is 6.55. The average Bonchev–Trinajstić information content (AvgIpc) is 2.97. The minimum Gasteiger partial charge on any atom is -0.329 e. The van der Waals surface area contributed by atoms with Gasteiger partial charge in [-0.25, -0.2) is 4.98 Å². The van der Waals surface area contributed by atoms with Crippen LogP contribution < -0.4 is 5.73 Å². The Morgan fingerprint density at radius 3 is 2.60 bits per heavy atom. The van der Waals surface area contributed by atoms with Gasteiger partial charge in [-0.05, 0) is 17.7 Å². The molecular formula is C16H16N4. The predicted octanol–water partition coefficient (Wildman–Crippen LogP) is 2.65. The zero-order valence-electron chi connectivity index (χ0n) is 11.1. The van der Waals surface area contributed by atoms with Gasteiger partial charge in [0.05, 0.1) is 18.2 Å². The van der Waals surface area contributed by atoms with Crippen molar-refractivity contribution in [3.63, 3.8) is 0 Å². The Hall–Kier alpha value is -2.46. The number of nitrogens with zero attached hydrogens (tertiary/aromatic N) is 3. The summed E-state index contributed by atoms with van der Waals surface area (Å²) in [7, 11) is 0. The zero-order chi connectivity index (χ0) is 13.8. The maximum atomic E-state index is 6.27. The zero-order valence-corrected chi connectivity index (χ0v) is 11.1. The van der Waals surface area contributed by atoms with Crippen molar-refractivity contribution in [3.05, 3.63) is 72.9 Å². The number of hydrogen-bond acceptors (Lipinski definition) is 3. The first-order valence-corrected chi connectivity index (χ1v) is 6.55. The monoisotopic (exact) mass is 264 g/mol. The molecule has 0 saturated heterocycles. The second-order valence-electron chi connectivity index (χ2n) is 4.69. The van der Waals surface area contributed by atoms with E-state index in [9.17, 15) is 0 Å². The summed E-state index contributed by atoms with van der Waals surface area (Å²) < 4.78 is 2.06. The summed E-state index contributed by atoms with van der Waals surface area (Å²) in [5, 5.41) is 0. The van der Waals surface area contributed by atoms with Crippen molar-refractivity contribution in [2.24, 2.45) is 5.73 Å². The molecule has 0 aliphatic carbocycles. The van der Waals surface area contributed by atoms with Crippen LogP contribution in [0.1, 0.15) is 11.6 Å². The molecule has 0 saturated carbocycles. The van der Waals surface area contributed by atoms with Crippen LogP contribution in [0.15, 0.2) is 67.4 Å². The predicted molar refractivity (Wildman–Crippen MR) is 78.8 cm³/mol. The van der Waals surface area contributed by atoms with Gasteiger partial charge in [-0.15, -0.1) is 0 Å². The van der Waals surface area contributed by atoms with Gasteiger partial charge in [-0.3, -0.25) is 4.98 Å². The summed E-state index contributed by atoms with van der Waals surface area (Å²) in [5.74, 6) is 0. The fourth-order valence-corrected chi connectivity index (χ4v) is 2.24. The highest BCUT2D eigenvalue weighted by Gasteiger charge is 2.10. The van der Waals surface area contributed by atoms with Gasteiger partial charge < -0.3 is 10.3 Å². The second-order valence-corrected chi connectivity index (χ2v) is 4.69. The summed E-state index contributed by atoms with van der Waals surface area (Å²) in [6.45, 7) is 0.689. The molecule has 0 radical (unpaired) electrons. The van der Waals surface area contributed by atoms with Crippen LogP contribution in [0.3, 0.4) is 0 Å². The van der Waals surface area contributed by atoms with Gasteiger partial charge in [-0.2, -0.15) is 0 Å². The van der Waals surface area contributed by atoms with Crippen LogP contribution in [0.5, 0.6) is 0 Å². The Morgan fingerprint density at radius 1 is 1.00 bits per heavy atom. The molecule has 1 aromatic carbocycles. The molecule has 1 unspecified atom stereocenters. The van der Waals surface area contributed by atoms with Crippen molar-refractivity contribution in [3.8, 4) is 11.3 Å². The molecule has 3 rings (SSSR count). The molecule has 20 heavy (non-hydrogen) atoms. The average molecular weight is 264 g/mol. The number of aromatic nitrogens is 3. The maximum Gasteiger partial charge on any atom is 0.0951 e. The van der Waals surface area contributed by atoms with Crippen LogP contribution >= 0.6 is 0 Å². The van der Waals surface area contributed by atoms with E-state index in [0.717, 1.165) is 16.8 Å². The molecular weight excluding hydrogens is 248 g/mol. The van der Waals surface area contributed by atoms with Crippen LogP contribution in [0.4, 0.5) is 0 Å². The molecule has 3 aromatic rings. The number of imidazole rings is 1. The maximum absolute atomic E-state index is 6.27. The first-order chi connectivity index (χ1) is 9.84. The highest BCUT2D eigenvalue weighted by Crippen LogP contribution is 2.20. The van der Waals surface area contributed by atoms with Gasteiger partial charge in [-0.1, -0.05) is 30.3 Å². The molecule has 0 spiro atoms. The van der Waals surface area contributed by atoms with Gasteiger partial charge in [0, 0.05) is 30.5 Å². The van der Waals surface area contributed by atoms with Gasteiger partial charge in [0.15, 0.2) is 0 Å². The highest BCUT2D eigenvalue weighted by atomic mass is 15.1. The van der Waals surface area contributed by atoms with E-state index in [1.165, 1.54) is 0 Å². The third-order valence-corrected chi connectivity index (χ3v) is 3.29. The Bertz CT molecular complexity index is 661. The van der Waals surface area contributed by atoms with Crippen molar-refractivity contribution < 1.29 is 0 Å². The van der Waals surface area contributed by atoms with Crippen LogP contribution in [-0.2, 0) is 6.54 Å². The molecule has 4 heteroatoms. The lowest BCUT2D eigenvalue weighted by Gasteiger charge is -2.15. The lowest BCUT2D eigenvalue weighted by molar-refractivity contribution is 0.580. The van der Waals surface area contributed by atoms with E-state index < -0.39 is 0 Å². The van der Waals surface area contributed by atoms with Crippen LogP contribution in [0, 0.1) is 0 Å². The third kappa shape index (κ3) is 2.60. The van der Waals surface area contributed by atoms with Crippen molar-refractivity contribution in [1.82, 2.24) is 14.5 Å². The molecule has 1 atom stereocenters. The summed E-state index contributed by atoms with van der Waals surface area (Å²) in [4.78, 5) is 8.37. The molecule has 0 aliphatic rings. The number of rotatable bonds is 4. The van der Waals surface area contributed by atoms with Gasteiger partial charge in [0.2, 0.25) is 0 Å². The Labute approximate surface area is 117 Å². The fourth-order valence-electron chi connectivity index (χ4n) is 2.24. The van der Waals surface area contributed by atoms with Gasteiger partial charge in [0.25, 0.3) is 0 Å². The Kier molecular flexibility index (Phi) is 3.56. The molecule has 0 bridgehead atoms. The minimum absolute atomic E-state index is 0.0548. The van der Waals surface area contributed by atoms with Crippen molar-refractivity contribution in [2.75, 3.05) is 0 Å². The van der Waals surface area contributed by atoms with E-state index in [-0.39, 0.29) is 6.04 Å². The first kappa shape index (κ1) is 12.6. The summed E-state index contributed by atoms with van der Waals surface area (Å²) in [6, 6.07) is 14.0.